The zero-order chi connectivity index (χ0) is 23.7. The van der Waals surface area contributed by atoms with Gasteiger partial charge in [0, 0.05) is 18.3 Å². The van der Waals surface area contributed by atoms with Gasteiger partial charge in [0.2, 0.25) is 5.91 Å². The largest absolute Gasteiger partial charge is 0.350 e. The molecule has 1 heterocycles. The second-order valence-electron chi connectivity index (χ2n) is 8.24. The van der Waals surface area contributed by atoms with Crippen molar-refractivity contribution in [2.24, 2.45) is 0 Å². The van der Waals surface area contributed by atoms with Crippen molar-refractivity contribution in [3.05, 3.63) is 94.7 Å². The summed E-state index contributed by atoms with van der Waals surface area (Å²) in [7, 11) is 0. The molecule has 0 aliphatic carbocycles. The average molecular weight is 440 g/mol. The van der Waals surface area contributed by atoms with E-state index < -0.39 is 11.8 Å². The van der Waals surface area contributed by atoms with E-state index in [1.807, 2.05) is 51.1 Å². The van der Waals surface area contributed by atoms with Crippen LogP contribution in [0.2, 0.25) is 0 Å². The van der Waals surface area contributed by atoms with Crippen LogP contribution in [-0.2, 0) is 14.4 Å². The molecular weight excluding hydrogens is 414 g/mol. The van der Waals surface area contributed by atoms with Gasteiger partial charge < -0.3 is 10.6 Å². The molecule has 0 saturated heterocycles. The number of para-hydroxylation sites is 1. The minimum absolute atomic E-state index is 0.183. The van der Waals surface area contributed by atoms with Crippen LogP contribution in [0, 0.1) is 20.8 Å². The Kier molecular flexibility index (Phi) is 5.84. The maximum atomic E-state index is 13.6. The lowest BCUT2D eigenvalue weighted by Gasteiger charge is -2.17. The van der Waals surface area contributed by atoms with Crippen LogP contribution in [0.4, 0.5) is 17.1 Å². The molecule has 3 amide bonds. The van der Waals surface area contributed by atoms with Crippen molar-refractivity contribution in [3.63, 3.8) is 0 Å². The van der Waals surface area contributed by atoms with E-state index >= 15 is 0 Å². The number of nitrogens with one attached hydrogen (secondary N) is 2. The van der Waals surface area contributed by atoms with Crippen molar-refractivity contribution in [2.75, 3.05) is 15.5 Å². The second-order valence-corrected chi connectivity index (χ2v) is 8.24. The fourth-order valence-electron chi connectivity index (χ4n) is 4.06. The number of nitrogens with zero attached hydrogens (tertiary/aromatic N) is 1. The predicted molar refractivity (Wildman–Crippen MR) is 131 cm³/mol. The molecule has 1 aliphatic heterocycles. The van der Waals surface area contributed by atoms with E-state index in [9.17, 15) is 14.4 Å². The van der Waals surface area contributed by atoms with E-state index in [4.69, 9.17) is 0 Å². The molecule has 0 radical (unpaired) electrons. The van der Waals surface area contributed by atoms with Crippen molar-refractivity contribution >= 4 is 40.4 Å². The summed E-state index contributed by atoms with van der Waals surface area (Å²) in [6, 6.07) is 20.1. The summed E-state index contributed by atoms with van der Waals surface area (Å²) in [6.07, 6.45) is 0. The Balaban J connectivity index is 1.82. The standard InChI is InChI=1S/C27H25N3O3/c1-16-13-17(2)15-22(14-16)29-25-24(20-9-11-21(12-10-20)28-19(4)31)26(32)30(27(25)33)23-8-6-5-7-18(23)3/h5-15,29H,1-4H3,(H,28,31). The van der Waals surface area contributed by atoms with Crippen LogP contribution < -0.4 is 15.5 Å². The Morgan fingerprint density at radius 2 is 1.42 bits per heavy atom. The second kappa shape index (κ2) is 8.74. The fraction of sp³-hybridized carbons (Fsp3) is 0.148. The number of anilines is 3. The van der Waals surface area contributed by atoms with E-state index in [1.54, 1.807) is 36.4 Å². The number of hydrogen-bond donors (Lipinski definition) is 2. The first kappa shape index (κ1) is 22.0. The van der Waals surface area contributed by atoms with Gasteiger partial charge in [0.15, 0.2) is 0 Å². The molecule has 0 saturated carbocycles. The molecule has 2 N–H and O–H groups in total. The number of hydrogen-bond acceptors (Lipinski definition) is 4. The van der Waals surface area contributed by atoms with Gasteiger partial charge in [0.05, 0.1) is 11.3 Å². The van der Waals surface area contributed by atoms with Gasteiger partial charge in [-0.3, -0.25) is 14.4 Å². The van der Waals surface area contributed by atoms with Crippen molar-refractivity contribution < 1.29 is 14.4 Å². The third-order valence-electron chi connectivity index (χ3n) is 5.43. The maximum absolute atomic E-state index is 13.6. The lowest BCUT2D eigenvalue weighted by molar-refractivity contribution is -0.120. The molecule has 0 aromatic heterocycles. The summed E-state index contributed by atoms with van der Waals surface area (Å²) in [4.78, 5) is 39.7. The van der Waals surface area contributed by atoms with Gasteiger partial charge in [-0.25, -0.2) is 4.90 Å². The molecule has 0 spiro atoms. The number of aryl methyl sites for hydroxylation is 3. The first-order chi connectivity index (χ1) is 15.7. The molecule has 6 heteroatoms. The van der Waals surface area contributed by atoms with E-state index in [-0.39, 0.29) is 17.2 Å². The summed E-state index contributed by atoms with van der Waals surface area (Å²) < 4.78 is 0. The molecule has 4 rings (SSSR count). The Morgan fingerprint density at radius 1 is 0.788 bits per heavy atom. The first-order valence-corrected chi connectivity index (χ1v) is 10.7. The highest BCUT2D eigenvalue weighted by molar-refractivity contribution is 6.46. The monoisotopic (exact) mass is 439 g/mol. The van der Waals surface area contributed by atoms with Crippen LogP contribution in [0.1, 0.15) is 29.2 Å². The molecule has 6 nitrogen and oxygen atoms in total. The molecule has 166 valence electrons. The highest BCUT2D eigenvalue weighted by atomic mass is 16.2. The number of benzene rings is 3. The third kappa shape index (κ3) is 4.41. The lowest BCUT2D eigenvalue weighted by atomic mass is 10.0. The molecular formula is C27H25N3O3. The van der Waals surface area contributed by atoms with Crippen molar-refractivity contribution in [2.45, 2.75) is 27.7 Å². The zero-order valence-electron chi connectivity index (χ0n) is 19.0. The van der Waals surface area contributed by atoms with Crippen molar-refractivity contribution in [3.8, 4) is 0 Å². The third-order valence-corrected chi connectivity index (χ3v) is 5.43. The summed E-state index contributed by atoms with van der Waals surface area (Å²) >= 11 is 0. The molecule has 0 fully saturated rings. The maximum Gasteiger partial charge on any atom is 0.282 e. The Morgan fingerprint density at radius 3 is 2.03 bits per heavy atom. The summed E-state index contributed by atoms with van der Waals surface area (Å²) in [5.41, 5.74) is 5.93. The minimum Gasteiger partial charge on any atom is -0.350 e. The van der Waals surface area contributed by atoms with Gasteiger partial charge in [-0.05, 0) is 73.4 Å². The van der Waals surface area contributed by atoms with Gasteiger partial charge in [-0.2, -0.15) is 0 Å². The van der Waals surface area contributed by atoms with Crippen molar-refractivity contribution in [1.29, 1.82) is 0 Å². The fourth-order valence-corrected chi connectivity index (χ4v) is 4.06. The molecule has 0 unspecified atom stereocenters. The van der Waals surface area contributed by atoms with Crippen LogP contribution in [-0.4, -0.2) is 17.7 Å². The number of imide groups is 1. The topological polar surface area (TPSA) is 78.5 Å². The Labute approximate surface area is 192 Å². The Hall–Kier alpha value is -4.19. The van der Waals surface area contributed by atoms with Crippen LogP contribution in [0.25, 0.3) is 5.57 Å². The quantitative estimate of drug-likeness (QED) is 0.551. The molecule has 1 aliphatic rings. The van der Waals surface area contributed by atoms with Gasteiger partial charge in [-0.15, -0.1) is 0 Å². The highest BCUT2D eigenvalue weighted by Crippen LogP contribution is 2.35. The molecule has 33 heavy (non-hydrogen) atoms. The smallest absolute Gasteiger partial charge is 0.282 e. The van der Waals surface area contributed by atoms with Gasteiger partial charge in [-0.1, -0.05) is 36.4 Å². The average Bonchev–Trinajstić information content (AvgIpc) is 2.98. The van der Waals surface area contributed by atoms with E-state index in [1.165, 1.54) is 11.8 Å². The summed E-state index contributed by atoms with van der Waals surface area (Å²) in [5, 5.41) is 5.93. The van der Waals surface area contributed by atoms with Gasteiger partial charge >= 0.3 is 0 Å². The molecule has 0 atom stereocenters. The van der Waals surface area contributed by atoms with E-state index in [0.717, 1.165) is 22.4 Å². The predicted octanol–water partition coefficient (Wildman–Crippen LogP) is 4.97. The minimum atomic E-state index is -0.408. The van der Waals surface area contributed by atoms with Crippen LogP contribution in [0.5, 0.6) is 0 Å². The van der Waals surface area contributed by atoms with E-state index in [0.29, 0.717) is 16.9 Å². The molecule has 0 bridgehead atoms. The van der Waals surface area contributed by atoms with Crippen molar-refractivity contribution in [1.82, 2.24) is 0 Å². The summed E-state index contributed by atoms with van der Waals surface area (Å²) in [5.74, 6) is -0.986. The molecule has 3 aromatic carbocycles. The number of rotatable bonds is 5. The van der Waals surface area contributed by atoms with Crippen LogP contribution >= 0.6 is 0 Å². The van der Waals surface area contributed by atoms with Gasteiger partial charge in [0.25, 0.3) is 11.8 Å². The SMILES string of the molecule is CC(=O)Nc1ccc(C2=C(Nc3cc(C)cc(C)c3)C(=O)N(c3ccccc3C)C2=O)cc1. The lowest BCUT2D eigenvalue weighted by Crippen LogP contribution is -2.33. The molecule has 3 aromatic rings. The van der Waals surface area contributed by atoms with Crippen LogP contribution in [0.3, 0.4) is 0 Å². The first-order valence-electron chi connectivity index (χ1n) is 10.7. The zero-order valence-corrected chi connectivity index (χ0v) is 19.0. The van der Waals surface area contributed by atoms with E-state index in [2.05, 4.69) is 10.6 Å². The van der Waals surface area contributed by atoms with Crippen LogP contribution in [0.15, 0.2) is 72.4 Å². The Bertz CT molecular complexity index is 1290. The highest BCUT2D eigenvalue weighted by Gasteiger charge is 2.40. The number of carbonyl (C=O) groups is 3. The number of carbonyl (C=O) groups excluding carboxylic acids is 3. The normalized spacial score (nSPS) is 13.5. The number of amides is 3. The van der Waals surface area contributed by atoms with Gasteiger partial charge in [0.1, 0.15) is 5.70 Å². The summed E-state index contributed by atoms with van der Waals surface area (Å²) in [6.45, 7) is 7.26.